The molecule has 0 spiro atoms. The first-order chi connectivity index (χ1) is 6.90. The minimum absolute atomic E-state index is 0.662. The lowest BCUT2D eigenvalue weighted by Crippen LogP contribution is -1.90. The van der Waals surface area contributed by atoms with E-state index in [-0.39, 0.29) is 0 Å². The lowest BCUT2D eigenvalue weighted by atomic mass is 10.0. The van der Waals surface area contributed by atoms with E-state index in [2.05, 4.69) is 29.6 Å². The fraction of sp³-hybridized carbons (Fsp3) is 0.417. The fourth-order valence-corrected chi connectivity index (χ4v) is 1.89. The van der Waals surface area contributed by atoms with Crippen molar-refractivity contribution in [3.63, 3.8) is 0 Å². The van der Waals surface area contributed by atoms with Crippen molar-refractivity contribution in [1.29, 1.82) is 5.26 Å². The largest absolute Gasteiger partial charge is 0.384 e. The molecular weight excluding hydrogens is 172 g/mol. The predicted octanol–water partition coefficient (Wildman–Crippen LogP) is 2.50. The molecule has 1 heterocycles. The summed E-state index contributed by atoms with van der Waals surface area (Å²) in [5, 5.41) is 11.8. The van der Waals surface area contributed by atoms with Crippen molar-refractivity contribution in [3.05, 3.63) is 29.3 Å². The monoisotopic (exact) mass is 186 g/mol. The summed E-state index contributed by atoms with van der Waals surface area (Å²) < 4.78 is 0. The van der Waals surface area contributed by atoms with Crippen LogP contribution in [-0.2, 0) is 12.8 Å². The number of fused-ring (bicyclic) bond motifs is 1. The van der Waals surface area contributed by atoms with Gasteiger partial charge in [-0.3, -0.25) is 0 Å². The minimum atomic E-state index is 0.662. The Labute approximate surface area is 84.6 Å². The van der Waals surface area contributed by atoms with Crippen LogP contribution in [0.2, 0.25) is 0 Å². The summed E-state index contributed by atoms with van der Waals surface area (Å²) in [4.78, 5) is 0. The summed E-state index contributed by atoms with van der Waals surface area (Å²) in [6.45, 7) is 1.07. The van der Waals surface area contributed by atoms with E-state index >= 15 is 0 Å². The number of hydrogen-bond acceptors (Lipinski definition) is 2. The molecule has 14 heavy (non-hydrogen) atoms. The van der Waals surface area contributed by atoms with Crippen molar-refractivity contribution in [2.75, 3.05) is 11.9 Å². The molecule has 0 fully saturated rings. The van der Waals surface area contributed by atoms with Gasteiger partial charge < -0.3 is 5.32 Å². The molecular formula is C12H14N2. The highest BCUT2D eigenvalue weighted by molar-refractivity contribution is 5.56. The van der Waals surface area contributed by atoms with E-state index in [1.165, 1.54) is 16.8 Å². The van der Waals surface area contributed by atoms with Crippen LogP contribution < -0.4 is 5.32 Å². The molecule has 0 radical (unpaired) electrons. The lowest BCUT2D eigenvalue weighted by Gasteiger charge is -2.03. The molecule has 0 saturated heterocycles. The number of hydrogen-bond donors (Lipinski definition) is 1. The average molecular weight is 186 g/mol. The van der Waals surface area contributed by atoms with Crippen LogP contribution in [0, 0.1) is 11.3 Å². The summed E-state index contributed by atoms with van der Waals surface area (Å²) >= 11 is 0. The summed E-state index contributed by atoms with van der Waals surface area (Å²) in [5.41, 5.74) is 4.08. The van der Waals surface area contributed by atoms with Gasteiger partial charge in [-0.05, 0) is 36.5 Å². The van der Waals surface area contributed by atoms with Crippen LogP contribution in [0.25, 0.3) is 0 Å². The molecule has 0 saturated carbocycles. The van der Waals surface area contributed by atoms with Gasteiger partial charge in [0, 0.05) is 18.7 Å². The van der Waals surface area contributed by atoms with E-state index < -0.39 is 0 Å². The molecule has 0 unspecified atom stereocenters. The van der Waals surface area contributed by atoms with Crippen molar-refractivity contribution in [3.8, 4) is 6.07 Å². The van der Waals surface area contributed by atoms with Crippen molar-refractivity contribution in [1.82, 2.24) is 0 Å². The average Bonchev–Trinajstić information content (AvgIpc) is 2.65. The normalized spacial score (nSPS) is 13.1. The van der Waals surface area contributed by atoms with Crippen LogP contribution >= 0.6 is 0 Å². The van der Waals surface area contributed by atoms with Crippen molar-refractivity contribution < 1.29 is 0 Å². The molecule has 1 N–H and O–H groups in total. The lowest BCUT2D eigenvalue weighted by molar-refractivity contribution is 0.849. The Kier molecular flexibility index (Phi) is 2.69. The van der Waals surface area contributed by atoms with Crippen LogP contribution in [0.4, 0.5) is 5.69 Å². The molecule has 1 aliphatic heterocycles. The molecule has 1 aliphatic rings. The van der Waals surface area contributed by atoms with Gasteiger partial charge in [0.1, 0.15) is 0 Å². The molecule has 0 aromatic heterocycles. The van der Waals surface area contributed by atoms with E-state index in [1.54, 1.807) is 0 Å². The highest BCUT2D eigenvalue weighted by Gasteiger charge is 2.09. The summed E-state index contributed by atoms with van der Waals surface area (Å²) in [6.07, 6.45) is 3.81. The second kappa shape index (κ2) is 4.15. The zero-order valence-corrected chi connectivity index (χ0v) is 8.21. The Bertz CT molecular complexity index is 363. The van der Waals surface area contributed by atoms with Crippen LogP contribution in [0.15, 0.2) is 18.2 Å². The molecule has 2 nitrogen and oxygen atoms in total. The first-order valence-corrected chi connectivity index (χ1v) is 5.13. The zero-order chi connectivity index (χ0) is 9.80. The van der Waals surface area contributed by atoms with Gasteiger partial charge in [-0.2, -0.15) is 5.26 Å². The van der Waals surface area contributed by atoms with Gasteiger partial charge in [-0.25, -0.2) is 0 Å². The molecule has 0 atom stereocenters. The van der Waals surface area contributed by atoms with E-state index in [0.29, 0.717) is 6.42 Å². The maximum absolute atomic E-state index is 8.44. The third kappa shape index (κ3) is 1.88. The van der Waals surface area contributed by atoms with Gasteiger partial charge in [0.2, 0.25) is 0 Å². The molecule has 0 bridgehead atoms. The smallest absolute Gasteiger partial charge is 0.0621 e. The summed E-state index contributed by atoms with van der Waals surface area (Å²) in [7, 11) is 0. The quantitative estimate of drug-likeness (QED) is 0.736. The SMILES string of the molecule is N#CCCCc1ccc2c(c1)CCN2. The third-order valence-corrected chi connectivity index (χ3v) is 2.63. The van der Waals surface area contributed by atoms with E-state index in [1.807, 2.05) is 0 Å². The van der Waals surface area contributed by atoms with Crippen LogP contribution in [0.5, 0.6) is 0 Å². The summed E-state index contributed by atoms with van der Waals surface area (Å²) in [6, 6.07) is 8.77. The number of anilines is 1. The van der Waals surface area contributed by atoms with Crippen molar-refractivity contribution >= 4 is 5.69 Å². The van der Waals surface area contributed by atoms with Gasteiger partial charge in [0.15, 0.2) is 0 Å². The van der Waals surface area contributed by atoms with E-state index in [9.17, 15) is 0 Å². The van der Waals surface area contributed by atoms with Gasteiger partial charge >= 0.3 is 0 Å². The zero-order valence-electron chi connectivity index (χ0n) is 8.21. The third-order valence-electron chi connectivity index (χ3n) is 2.63. The van der Waals surface area contributed by atoms with Crippen molar-refractivity contribution in [2.24, 2.45) is 0 Å². The Morgan fingerprint density at radius 2 is 2.36 bits per heavy atom. The number of aryl methyl sites for hydroxylation is 1. The molecule has 1 aromatic rings. The van der Waals surface area contributed by atoms with E-state index in [4.69, 9.17) is 5.26 Å². The summed E-state index contributed by atoms with van der Waals surface area (Å²) in [5.74, 6) is 0. The maximum Gasteiger partial charge on any atom is 0.0621 e. The number of unbranched alkanes of at least 4 members (excludes halogenated alkanes) is 1. The number of nitrogens with one attached hydrogen (secondary N) is 1. The minimum Gasteiger partial charge on any atom is -0.384 e. The van der Waals surface area contributed by atoms with Crippen LogP contribution in [0.3, 0.4) is 0 Å². The first kappa shape index (κ1) is 9.08. The van der Waals surface area contributed by atoms with E-state index in [0.717, 1.165) is 25.8 Å². The molecule has 0 amide bonds. The van der Waals surface area contributed by atoms with Crippen molar-refractivity contribution in [2.45, 2.75) is 25.7 Å². The van der Waals surface area contributed by atoms with Gasteiger partial charge in [0.25, 0.3) is 0 Å². The predicted molar refractivity (Wildman–Crippen MR) is 57.2 cm³/mol. The molecule has 2 heteroatoms. The maximum atomic E-state index is 8.44. The standard InChI is InChI=1S/C12H14N2/c13-7-2-1-3-10-4-5-12-11(9-10)6-8-14-12/h4-5,9,14H,1-3,6,8H2. The number of benzene rings is 1. The molecule has 2 rings (SSSR count). The Morgan fingerprint density at radius 1 is 1.43 bits per heavy atom. The number of nitriles is 1. The molecule has 72 valence electrons. The topological polar surface area (TPSA) is 35.8 Å². The van der Waals surface area contributed by atoms with Crippen LogP contribution in [-0.4, -0.2) is 6.54 Å². The second-order valence-corrected chi connectivity index (χ2v) is 3.68. The Hall–Kier alpha value is -1.49. The molecule has 0 aliphatic carbocycles. The fourth-order valence-electron chi connectivity index (χ4n) is 1.89. The first-order valence-electron chi connectivity index (χ1n) is 5.13. The van der Waals surface area contributed by atoms with Gasteiger partial charge in [-0.1, -0.05) is 12.1 Å². The molecule has 1 aromatic carbocycles. The second-order valence-electron chi connectivity index (χ2n) is 3.68. The van der Waals surface area contributed by atoms with Gasteiger partial charge in [-0.15, -0.1) is 0 Å². The highest BCUT2D eigenvalue weighted by atomic mass is 14.9. The van der Waals surface area contributed by atoms with Crippen LogP contribution in [0.1, 0.15) is 24.0 Å². The number of rotatable bonds is 3. The Balaban J connectivity index is 2.02. The van der Waals surface area contributed by atoms with Gasteiger partial charge in [0.05, 0.1) is 6.07 Å². The number of nitrogens with zero attached hydrogens (tertiary/aromatic N) is 1. The highest BCUT2D eigenvalue weighted by Crippen LogP contribution is 2.23. The Morgan fingerprint density at radius 3 is 3.21 bits per heavy atom.